The first-order chi connectivity index (χ1) is 9.11. The van der Waals surface area contributed by atoms with Crippen molar-refractivity contribution in [3.05, 3.63) is 52.0 Å². The summed E-state index contributed by atoms with van der Waals surface area (Å²) >= 11 is 3.46. The van der Waals surface area contributed by atoms with Crippen molar-refractivity contribution in [2.75, 3.05) is 0 Å². The van der Waals surface area contributed by atoms with E-state index in [0.717, 1.165) is 34.4 Å². The molecule has 0 atom stereocenters. The van der Waals surface area contributed by atoms with Gasteiger partial charge in [-0.1, -0.05) is 35.0 Å². The van der Waals surface area contributed by atoms with Crippen LogP contribution < -0.4 is 0 Å². The van der Waals surface area contributed by atoms with Crippen molar-refractivity contribution >= 4 is 21.7 Å². The molecule has 0 N–H and O–H groups in total. The van der Waals surface area contributed by atoms with Gasteiger partial charge in [-0.05, 0) is 25.0 Å². The van der Waals surface area contributed by atoms with Crippen LogP contribution in [0.1, 0.15) is 35.1 Å². The molecule has 0 aliphatic carbocycles. The summed E-state index contributed by atoms with van der Waals surface area (Å²) in [6.45, 7) is 5.02. The molecule has 1 heterocycles. The predicted molar refractivity (Wildman–Crippen MR) is 79.4 cm³/mol. The molecule has 0 aliphatic heterocycles. The first-order valence-corrected chi connectivity index (χ1v) is 7.20. The van der Waals surface area contributed by atoms with Crippen LogP contribution in [0.25, 0.3) is 0 Å². The highest BCUT2D eigenvalue weighted by Crippen LogP contribution is 2.18. The normalized spacial score (nSPS) is 10.7. The fraction of sp³-hybridized carbons (Fsp3) is 0.333. The molecule has 0 spiro atoms. The third kappa shape index (κ3) is 3.32. The fourth-order valence-corrected chi connectivity index (χ4v) is 2.34. The number of halogens is 1. The summed E-state index contributed by atoms with van der Waals surface area (Å²) in [5, 5.41) is 0. The number of benzene rings is 1. The molecule has 19 heavy (non-hydrogen) atoms. The van der Waals surface area contributed by atoms with E-state index in [0.29, 0.717) is 6.42 Å². The molecule has 0 radical (unpaired) electrons. The van der Waals surface area contributed by atoms with Gasteiger partial charge in [0.05, 0.1) is 6.42 Å². The molecule has 0 unspecified atom stereocenters. The first-order valence-electron chi connectivity index (χ1n) is 6.41. The number of hydrogen-bond donors (Lipinski definition) is 0. The number of imidazole rings is 1. The lowest BCUT2D eigenvalue weighted by atomic mass is 10.1. The van der Waals surface area contributed by atoms with Crippen molar-refractivity contribution < 1.29 is 4.79 Å². The molecule has 2 rings (SSSR count). The molecular weight excluding hydrogens is 304 g/mol. The lowest BCUT2D eigenvalue weighted by molar-refractivity contribution is 0.0989. The summed E-state index contributed by atoms with van der Waals surface area (Å²) in [5.74, 6) is 0.938. The van der Waals surface area contributed by atoms with Crippen LogP contribution in [0.15, 0.2) is 35.1 Å². The second-order valence-electron chi connectivity index (χ2n) is 4.60. The summed E-state index contributed by atoms with van der Waals surface area (Å²) in [4.78, 5) is 16.5. The number of Topliss-reactive ketones (excluding diaryl/α,β-unsaturated/α-hetero) is 1. The summed E-state index contributed by atoms with van der Waals surface area (Å²) < 4.78 is 3.01. The smallest absolute Gasteiger partial charge is 0.170 e. The molecule has 0 amide bonds. The summed E-state index contributed by atoms with van der Waals surface area (Å²) in [7, 11) is 0. The number of carbonyl (C=O) groups is 1. The van der Waals surface area contributed by atoms with E-state index in [1.807, 2.05) is 35.9 Å². The molecule has 0 aliphatic rings. The second-order valence-corrected chi connectivity index (χ2v) is 5.46. The van der Waals surface area contributed by atoms with Gasteiger partial charge in [-0.3, -0.25) is 4.79 Å². The topological polar surface area (TPSA) is 34.9 Å². The van der Waals surface area contributed by atoms with Gasteiger partial charge in [0.1, 0.15) is 5.82 Å². The van der Waals surface area contributed by atoms with Crippen LogP contribution in [0.4, 0.5) is 0 Å². The van der Waals surface area contributed by atoms with Crippen molar-refractivity contribution in [1.82, 2.24) is 9.55 Å². The summed E-state index contributed by atoms with van der Waals surface area (Å²) in [5.41, 5.74) is 1.85. The minimum Gasteiger partial charge on any atom is -0.335 e. The van der Waals surface area contributed by atoms with Gasteiger partial charge in [0.2, 0.25) is 0 Å². The first kappa shape index (κ1) is 14.0. The molecule has 1 aromatic heterocycles. The van der Waals surface area contributed by atoms with Gasteiger partial charge >= 0.3 is 0 Å². The highest BCUT2D eigenvalue weighted by Gasteiger charge is 2.12. The summed E-state index contributed by atoms with van der Waals surface area (Å²) in [6, 6.07) is 5.70. The number of carbonyl (C=O) groups excluding carboxylic acids is 1. The number of aromatic nitrogens is 2. The second kappa shape index (κ2) is 6.15. The molecule has 1 aromatic carbocycles. The van der Waals surface area contributed by atoms with Gasteiger partial charge in [-0.25, -0.2) is 4.98 Å². The Labute approximate surface area is 121 Å². The van der Waals surface area contributed by atoms with Crippen LogP contribution in [-0.2, 0) is 13.0 Å². The van der Waals surface area contributed by atoms with Crippen LogP contribution in [0.5, 0.6) is 0 Å². The highest BCUT2D eigenvalue weighted by molar-refractivity contribution is 9.10. The minimum absolute atomic E-state index is 0.101. The fourth-order valence-electron chi connectivity index (χ4n) is 1.96. The Morgan fingerprint density at radius 2 is 2.21 bits per heavy atom. The van der Waals surface area contributed by atoms with Crippen LogP contribution in [0.2, 0.25) is 0 Å². The Kier molecular flexibility index (Phi) is 4.53. The zero-order valence-electron chi connectivity index (χ0n) is 11.2. The number of aryl methyl sites for hydroxylation is 2. The number of hydrogen-bond acceptors (Lipinski definition) is 2. The molecule has 0 saturated carbocycles. The van der Waals surface area contributed by atoms with Crippen molar-refractivity contribution in [3.63, 3.8) is 0 Å². The average Bonchev–Trinajstić information content (AvgIpc) is 2.80. The SMILES string of the molecule is CCCn1ccnc1CC(=O)c1ccc(C)c(Br)c1. The molecule has 0 fully saturated rings. The van der Waals surface area contributed by atoms with Gasteiger partial charge in [-0.2, -0.15) is 0 Å². The van der Waals surface area contributed by atoms with Crippen molar-refractivity contribution in [1.29, 1.82) is 0 Å². The molecule has 4 heteroatoms. The van der Waals surface area contributed by atoms with E-state index < -0.39 is 0 Å². The van der Waals surface area contributed by atoms with Crippen molar-refractivity contribution in [3.8, 4) is 0 Å². The van der Waals surface area contributed by atoms with Crippen molar-refractivity contribution in [2.45, 2.75) is 33.2 Å². The van der Waals surface area contributed by atoms with E-state index in [1.165, 1.54) is 0 Å². The van der Waals surface area contributed by atoms with Gasteiger partial charge < -0.3 is 4.57 Å². The standard InChI is InChI=1S/C15H17BrN2O/c1-3-7-18-8-6-17-15(18)10-14(19)12-5-4-11(2)13(16)9-12/h4-6,8-9H,3,7,10H2,1-2H3. The Morgan fingerprint density at radius 1 is 1.42 bits per heavy atom. The van der Waals surface area contributed by atoms with Crippen LogP contribution in [-0.4, -0.2) is 15.3 Å². The highest BCUT2D eigenvalue weighted by atomic mass is 79.9. The van der Waals surface area contributed by atoms with Gasteiger partial charge in [0.15, 0.2) is 5.78 Å². The monoisotopic (exact) mass is 320 g/mol. The zero-order chi connectivity index (χ0) is 13.8. The Balaban J connectivity index is 2.16. The van der Waals surface area contributed by atoms with Crippen LogP contribution >= 0.6 is 15.9 Å². The third-order valence-corrected chi connectivity index (χ3v) is 3.93. The third-order valence-electron chi connectivity index (χ3n) is 3.08. The van der Waals surface area contributed by atoms with E-state index in [4.69, 9.17) is 0 Å². The van der Waals surface area contributed by atoms with E-state index in [9.17, 15) is 4.79 Å². The quantitative estimate of drug-likeness (QED) is 0.785. The summed E-state index contributed by atoms with van der Waals surface area (Å²) in [6.07, 6.45) is 5.07. The largest absolute Gasteiger partial charge is 0.335 e. The molecule has 2 aromatic rings. The molecule has 0 bridgehead atoms. The van der Waals surface area contributed by atoms with E-state index in [2.05, 4.69) is 27.8 Å². The molecule has 3 nitrogen and oxygen atoms in total. The lowest BCUT2D eigenvalue weighted by Gasteiger charge is -2.06. The molecule has 100 valence electrons. The van der Waals surface area contributed by atoms with Crippen molar-refractivity contribution in [2.24, 2.45) is 0 Å². The van der Waals surface area contributed by atoms with E-state index in [1.54, 1.807) is 6.20 Å². The maximum absolute atomic E-state index is 12.3. The van der Waals surface area contributed by atoms with E-state index in [-0.39, 0.29) is 5.78 Å². The maximum atomic E-state index is 12.3. The minimum atomic E-state index is 0.101. The van der Waals surface area contributed by atoms with E-state index >= 15 is 0 Å². The molecule has 0 saturated heterocycles. The van der Waals surface area contributed by atoms with Crippen LogP contribution in [0.3, 0.4) is 0 Å². The van der Waals surface area contributed by atoms with Gasteiger partial charge in [-0.15, -0.1) is 0 Å². The zero-order valence-corrected chi connectivity index (χ0v) is 12.8. The molecular formula is C15H17BrN2O. The lowest BCUT2D eigenvalue weighted by Crippen LogP contribution is -2.10. The Hall–Kier alpha value is -1.42. The van der Waals surface area contributed by atoms with Gasteiger partial charge in [0, 0.05) is 29.0 Å². The average molecular weight is 321 g/mol. The van der Waals surface area contributed by atoms with Crippen LogP contribution in [0, 0.1) is 6.92 Å². The van der Waals surface area contributed by atoms with Gasteiger partial charge in [0.25, 0.3) is 0 Å². The Bertz CT molecular complexity index is 590. The number of rotatable bonds is 5. The number of nitrogens with zero attached hydrogens (tertiary/aromatic N) is 2. The number of ketones is 1. The maximum Gasteiger partial charge on any atom is 0.170 e. The predicted octanol–water partition coefficient (Wildman–Crippen LogP) is 3.79. The Morgan fingerprint density at radius 3 is 2.89 bits per heavy atom.